The van der Waals surface area contributed by atoms with Gasteiger partial charge < -0.3 is 24.8 Å². The van der Waals surface area contributed by atoms with Gasteiger partial charge in [-0.2, -0.15) is 0 Å². The number of aromatic nitrogens is 4. The first-order valence-corrected chi connectivity index (χ1v) is 10.8. The van der Waals surface area contributed by atoms with Gasteiger partial charge >= 0.3 is 0 Å². The van der Waals surface area contributed by atoms with Gasteiger partial charge in [0.2, 0.25) is 5.88 Å². The van der Waals surface area contributed by atoms with Gasteiger partial charge in [-0.3, -0.25) is 4.98 Å². The number of hydrogen-bond acceptors (Lipinski definition) is 9. The number of fused-ring (bicyclic) bond motifs is 2. The summed E-state index contributed by atoms with van der Waals surface area (Å²) in [6, 6.07) is 6.44. The van der Waals surface area contributed by atoms with Crippen molar-refractivity contribution in [2.75, 3.05) is 32.3 Å². The van der Waals surface area contributed by atoms with Crippen LogP contribution in [-0.4, -0.2) is 76.7 Å². The number of nitrogens with one attached hydrogen (secondary N) is 1. The van der Waals surface area contributed by atoms with Crippen LogP contribution in [-0.2, 0) is 4.74 Å². The number of benzene rings is 1. The molecule has 10 heteroatoms. The molecule has 2 bridgehead atoms. The fourth-order valence-corrected chi connectivity index (χ4v) is 4.45. The number of ether oxygens (including phenoxy) is 2. The van der Waals surface area contributed by atoms with Crippen LogP contribution in [0.3, 0.4) is 0 Å². The van der Waals surface area contributed by atoms with Crippen molar-refractivity contribution in [3.05, 3.63) is 43.0 Å². The lowest BCUT2D eigenvalue weighted by molar-refractivity contribution is -0.0175. The van der Waals surface area contributed by atoms with E-state index in [-0.39, 0.29) is 23.9 Å². The molecule has 1 aromatic carbocycles. The summed E-state index contributed by atoms with van der Waals surface area (Å²) in [5.41, 5.74) is 2.41. The molecular formula is C23H25FN6O3. The summed E-state index contributed by atoms with van der Waals surface area (Å²) in [6.07, 6.45) is 4.17. The van der Waals surface area contributed by atoms with Crippen LogP contribution in [0.5, 0.6) is 11.6 Å². The second kappa shape index (κ2) is 8.87. The summed E-state index contributed by atoms with van der Waals surface area (Å²) in [5.74, 6) is 1.07. The van der Waals surface area contributed by atoms with E-state index in [0.29, 0.717) is 48.3 Å². The number of anilines is 1. The molecule has 9 nitrogen and oxygen atoms in total. The Morgan fingerprint density at radius 1 is 1.12 bits per heavy atom. The van der Waals surface area contributed by atoms with E-state index in [0.717, 1.165) is 5.56 Å². The fourth-order valence-electron chi connectivity index (χ4n) is 4.45. The topological polar surface area (TPSA) is 106 Å². The van der Waals surface area contributed by atoms with E-state index < -0.39 is 6.17 Å². The molecule has 0 amide bonds. The molecule has 0 aliphatic carbocycles. The lowest BCUT2D eigenvalue weighted by atomic mass is 9.90. The van der Waals surface area contributed by atoms with Gasteiger partial charge in [0.15, 0.2) is 0 Å². The average Bonchev–Trinajstić information content (AvgIpc) is 2.86. The largest absolute Gasteiger partial charge is 0.507 e. The molecule has 0 saturated carbocycles. The Morgan fingerprint density at radius 2 is 2.00 bits per heavy atom. The van der Waals surface area contributed by atoms with Crippen molar-refractivity contribution in [2.24, 2.45) is 0 Å². The Bertz CT molecular complexity index is 1130. The fraction of sp³-hybridized carbons (Fsp3) is 0.391. The molecule has 2 fully saturated rings. The number of methoxy groups -OCH3 is 1. The smallest absolute Gasteiger partial charge is 0.216 e. The van der Waals surface area contributed by atoms with E-state index in [9.17, 15) is 9.50 Å². The number of halogens is 1. The minimum absolute atomic E-state index is 0.0514. The molecule has 2 N–H and O–H groups in total. The lowest BCUT2D eigenvalue weighted by Crippen LogP contribution is -2.65. The van der Waals surface area contributed by atoms with Crippen LogP contribution in [0.2, 0.25) is 0 Å². The van der Waals surface area contributed by atoms with Crippen LogP contribution in [0.25, 0.3) is 22.5 Å². The van der Waals surface area contributed by atoms with E-state index in [1.165, 1.54) is 13.4 Å². The normalized spacial score (nSPS) is 24.3. The van der Waals surface area contributed by atoms with Gasteiger partial charge in [-0.05, 0) is 18.6 Å². The van der Waals surface area contributed by atoms with E-state index in [1.807, 2.05) is 18.0 Å². The maximum atomic E-state index is 15.0. The number of phenolic OH excluding ortho intramolecular Hbond substituents is 1. The zero-order chi connectivity index (χ0) is 22.9. The SMILES string of the molecule is COc1cc(-c2ccc(-c3cnc(N(C)[C@H]4CC5COCC(N5)[C@H]4F)cn3)c(O)c2)ncn1. The summed E-state index contributed by atoms with van der Waals surface area (Å²) in [4.78, 5) is 19.0. The molecule has 33 heavy (non-hydrogen) atoms. The third-order valence-corrected chi connectivity index (χ3v) is 6.26. The number of alkyl halides is 1. The Hall–Kier alpha value is -3.37. The number of nitrogens with zero attached hydrogens (tertiary/aromatic N) is 5. The Kier molecular flexibility index (Phi) is 5.77. The van der Waals surface area contributed by atoms with Gasteiger partial charge in [0.1, 0.15) is 24.1 Å². The van der Waals surface area contributed by atoms with Gasteiger partial charge in [-0.25, -0.2) is 19.3 Å². The van der Waals surface area contributed by atoms with E-state index in [4.69, 9.17) is 9.47 Å². The molecule has 2 unspecified atom stereocenters. The lowest BCUT2D eigenvalue weighted by Gasteiger charge is -2.45. The van der Waals surface area contributed by atoms with Gasteiger partial charge in [-0.1, -0.05) is 6.07 Å². The van der Waals surface area contributed by atoms with E-state index in [2.05, 4.69) is 25.3 Å². The van der Waals surface area contributed by atoms with Crippen LogP contribution in [0.4, 0.5) is 10.2 Å². The van der Waals surface area contributed by atoms with Gasteiger partial charge in [-0.15, -0.1) is 0 Å². The Morgan fingerprint density at radius 3 is 2.76 bits per heavy atom. The van der Waals surface area contributed by atoms with E-state index in [1.54, 1.807) is 30.6 Å². The van der Waals surface area contributed by atoms with Crippen LogP contribution < -0.4 is 15.0 Å². The first-order chi connectivity index (χ1) is 16.0. The Balaban J connectivity index is 1.35. The Labute approximate surface area is 190 Å². The van der Waals surface area contributed by atoms with Gasteiger partial charge in [0.25, 0.3) is 0 Å². The van der Waals surface area contributed by atoms with Crippen LogP contribution in [0.15, 0.2) is 43.0 Å². The molecule has 2 saturated heterocycles. The molecule has 0 radical (unpaired) electrons. The van der Waals surface area contributed by atoms with Crippen molar-refractivity contribution in [3.63, 3.8) is 0 Å². The second-order valence-corrected chi connectivity index (χ2v) is 8.30. The highest BCUT2D eigenvalue weighted by atomic mass is 19.1. The molecule has 0 spiro atoms. The van der Waals surface area contributed by atoms with Crippen molar-refractivity contribution in [1.29, 1.82) is 0 Å². The third kappa shape index (κ3) is 4.19. The number of aromatic hydroxyl groups is 1. The predicted octanol–water partition coefficient (Wildman–Crippen LogP) is 2.22. The molecule has 3 aromatic rings. The molecule has 172 valence electrons. The van der Waals surface area contributed by atoms with Gasteiger partial charge in [0, 0.05) is 30.3 Å². The zero-order valence-electron chi connectivity index (χ0n) is 18.3. The zero-order valence-corrected chi connectivity index (χ0v) is 18.3. The third-order valence-electron chi connectivity index (χ3n) is 6.26. The number of rotatable bonds is 5. The summed E-state index contributed by atoms with van der Waals surface area (Å²) in [7, 11) is 3.37. The summed E-state index contributed by atoms with van der Waals surface area (Å²) in [5, 5.41) is 13.9. The van der Waals surface area contributed by atoms with Crippen molar-refractivity contribution >= 4 is 5.82 Å². The number of phenols is 1. The highest BCUT2D eigenvalue weighted by molar-refractivity contribution is 5.73. The molecule has 2 aliphatic heterocycles. The first-order valence-electron chi connectivity index (χ1n) is 10.8. The molecule has 2 aliphatic rings. The van der Waals surface area contributed by atoms with Crippen molar-refractivity contribution in [1.82, 2.24) is 25.3 Å². The molecule has 2 aromatic heterocycles. The summed E-state index contributed by atoms with van der Waals surface area (Å²) < 4.78 is 25.6. The van der Waals surface area contributed by atoms with Gasteiger partial charge in [0.05, 0.1) is 56.2 Å². The number of piperidine rings is 1. The molecular weight excluding hydrogens is 427 g/mol. The monoisotopic (exact) mass is 452 g/mol. The minimum Gasteiger partial charge on any atom is -0.507 e. The molecule has 5 rings (SSSR count). The average molecular weight is 452 g/mol. The molecule has 4 heterocycles. The van der Waals surface area contributed by atoms with Crippen molar-refractivity contribution < 1.29 is 19.0 Å². The standard InChI is InChI=1S/C23H25FN6O3/c1-30(19-6-14-10-33-11-18(29-14)23(19)24)21-9-25-17(8-26-21)15-4-3-13(5-20(15)31)16-7-22(32-2)28-12-27-16/h3-5,7-9,12,14,18-19,23,29,31H,6,10-11H2,1-2H3/t14?,18?,19-,23+/m0/s1. The second-order valence-electron chi connectivity index (χ2n) is 8.30. The first kappa shape index (κ1) is 21.5. The van der Waals surface area contributed by atoms with Crippen LogP contribution in [0.1, 0.15) is 6.42 Å². The maximum Gasteiger partial charge on any atom is 0.216 e. The van der Waals surface area contributed by atoms with Crippen molar-refractivity contribution in [3.8, 4) is 34.1 Å². The summed E-state index contributed by atoms with van der Waals surface area (Å²) >= 11 is 0. The number of hydrogen-bond donors (Lipinski definition) is 2. The van der Waals surface area contributed by atoms with Crippen molar-refractivity contribution in [2.45, 2.75) is 30.7 Å². The van der Waals surface area contributed by atoms with Crippen LogP contribution in [0, 0.1) is 0 Å². The highest BCUT2D eigenvalue weighted by Crippen LogP contribution is 2.33. The maximum absolute atomic E-state index is 15.0. The quantitative estimate of drug-likeness (QED) is 0.603. The van der Waals surface area contributed by atoms with E-state index >= 15 is 0 Å². The van der Waals surface area contributed by atoms with Crippen LogP contribution >= 0.6 is 0 Å². The summed E-state index contributed by atoms with van der Waals surface area (Å²) in [6.45, 7) is 0.971. The minimum atomic E-state index is -1.06. The predicted molar refractivity (Wildman–Crippen MR) is 120 cm³/mol. The molecule has 4 atom stereocenters. The number of morpholine rings is 1. The highest BCUT2D eigenvalue weighted by Gasteiger charge is 2.42.